The van der Waals surface area contributed by atoms with Gasteiger partial charge in [0, 0.05) is 12.0 Å². The Morgan fingerprint density at radius 2 is 2.00 bits per heavy atom. The van der Waals surface area contributed by atoms with Gasteiger partial charge in [-0.1, -0.05) is 46.2 Å². The molecule has 0 saturated heterocycles. The minimum atomic E-state index is -2.05. The molecular weight excluding hydrogens is 302 g/mol. The number of hydrogen-bond donors (Lipinski definition) is 1. The summed E-state index contributed by atoms with van der Waals surface area (Å²) in [5, 5.41) is 10.7. The van der Waals surface area contributed by atoms with Gasteiger partial charge in [-0.25, -0.2) is 6.57 Å². The van der Waals surface area contributed by atoms with Crippen molar-refractivity contribution in [2.24, 2.45) is 5.92 Å². The van der Waals surface area contributed by atoms with E-state index in [9.17, 15) is 5.11 Å². The Hall–Kier alpha value is -0.343. The van der Waals surface area contributed by atoms with Gasteiger partial charge in [-0.3, -0.25) is 0 Å². The molecule has 1 aliphatic rings. The molecular formula is C16H28ClNO2Si. The molecule has 1 aliphatic carbocycles. The van der Waals surface area contributed by atoms with E-state index in [1.807, 2.05) is 13.8 Å². The maximum atomic E-state index is 10.6. The predicted molar refractivity (Wildman–Crippen MR) is 90.8 cm³/mol. The van der Waals surface area contributed by atoms with E-state index in [2.05, 4.69) is 38.7 Å². The van der Waals surface area contributed by atoms with Crippen LogP contribution in [0.1, 0.15) is 41.0 Å². The summed E-state index contributed by atoms with van der Waals surface area (Å²) in [6.45, 7) is 22.3. The summed E-state index contributed by atoms with van der Waals surface area (Å²) in [4.78, 5) is 3.84. The van der Waals surface area contributed by atoms with Crippen LogP contribution in [0.3, 0.4) is 0 Å². The molecule has 21 heavy (non-hydrogen) atoms. The van der Waals surface area contributed by atoms with Crippen molar-refractivity contribution in [1.29, 1.82) is 0 Å². The van der Waals surface area contributed by atoms with Gasteiger partial charge in [-0.05, 0) is 18.1 Å². The van der Waals surface area contributed by atoms with Crippen LogP contribution < -0.4 is 0 Å². The number of aliphatic hydroxyl groups is 1. The standard InChI is InChI=1S/C16H28ClNO2Si/c1-9-16(18-6)11(2)13(19)14(12(16)10-17)20-21(7,8)15(3,4)5/h10-11,13-14,19H,9H2,1-5,7-8H3/b12-10-/t11-,13+,14-,16-/m0/s1. The Balaban J connectivity index is 3.24. The monoisotopic (exact) mass is 329 g/mol. The van der Waals surface area contributed by atoms with Gasteiger partial charge in [0.1, 0.15) is 6.10 Å². The van der Waals surface area contributed by atoms with E-state index < -0.39 is 26.1 Å². The van der Waals surface area contributed by atoms with E-state index in [1.54, 1.807) is 0 Å². The first-order valence-corrected chi connectivity index (χ1v) is 10.9. The predicted octanol–water partition coefficient (Wildman–Crippen LogP) is 4.58. The van der Waals surface area contributed by atoms with Crippen LogP contribution >= 0.6 is 11.6 Å². The van der Waals surface area contributed by atoms with Crippen LogP contribution in [0.25, 0.3) is 4.85 Å². The maximum Gasteiger partial charge on any atom is 0.262 e. The molecule has 4 atom stereocenters. The lowest BCUT2D eigenvalue weighted by molar-refractivity contribution is 0.0384. The second-order valence-corrected chi connectivity index (χ2v) is 12.5. The van der Waals surface area contributed by atoms with E-state index >= 15 is 0 Å². The molecule has 0 amide bonds. The lowest BCUT2D eigenvalue weighted by Crippen LogP contribution is -2.46. The average molecular weight is 330 g/mol. The van der Waals surface area contributed by atoms with Crippen molar-refractivity contribution < 1.29 is 9.53 Å². The smallest absolute Gasteiger partial charge is 0.262 e. The SMILES string of the molecule is [C-]#[N+][C@]1(CC)/C(=C\Cl)[C@H](O[Si](C)(C)C(C)(C)C)[C@H](O)[C@@H]1C. The van der Waals surface area contributed by atoms with Crippen molar-refractivity contribution in [3.05, 3.63) is 22.5 Å². The second-order valence-electron chi connectivity index (χ2n) is 7.53. The molecule has 3 nitrogen and oxygen atoms in total. The van der Waals surface area contributed by atoms with Crippen LogP contribution in [0.4, 0.5) is 0 Å². The van der Waals surface area contributed by atoms with E-state index in [0.29, 0.717) is 6.42 Å². The van der Waals surface area contributed by atoms with Crippen molar-refractivity contribution in [2.45, 2.75) is 76.9 Å². The van der Waals surface area contributed by atoms with Gasteiger partial charge in [0.25, 0.3) is 5.54 Å². The molecule has 120 valence electrons. The number of hydrogen-bond acceptors (Lipinski definition) is 2. The Kier molecular flexibility index (Phi) is 5.38. The molecule has 1 fully saturated rings. The summed E-state index contributed by atoms with van der Waals surface area (Å²) in [5.74, 6) is -0.181. The van der Waals surface area contributed by atoms with Crippen LogP contribution in [0.5, 0.6) is 0 Å². The highest BCUT2D eigenvalue weighted by atomic mass is 35.5. The van der Waals surface area contributed by atoms with Crippen LogP contribution in [0, 0.1) is 12.5 Å². The van der Waals surface area contributed by atoms with Crippen molar-refractivity contribution in [3.8, 4) is 0 Å². The molecule has 5 heteroatoms. The zero-order valence-electron chi connectivity index (χ0n) is 14.2. The van der Waals surface area contributed by atoms with Gasteiger partial charge in [0.15, 0.2) is 8.32 Å². The van der Waals surface area contributed by atoms with E-state index in [1.165, 1.54) is 5.54 Å². The fraction of sp³-hybridized carbons (Fsp3) is 0.812. The first-order valence-electron chi connectivity index (χ1n) is 7.53. The molecule has 0 spiro atoms. The molecule has 0 unspecified atom stereocenters. The van der Waals surface area contributed by atoms with Gasteiger partial charge < -0.3 is 14.4 Å². The molecule has 0 radical (unpaired) electrons. The zero-order valence-corrected chi connectivity index (χ0v) is 16.0. The third kappa shape index (κ3) is 2.94. The van der Waals surface area contributed by atoms with Crippen molar-refractivity contribution in [1.82, 2.24) is 0 Å². The minimum Gasteiger partial charge on any atom is -0.407 e. The molecule has 0 aromatic rings. The quantitative estimate of drug-likeness (QED) is 0.607. The van der Waals surface area contributed by atoms with Crippen LogP contribution in [0.2, 0.25) is 18.1 Å². The van der Waals surface area contributed by atoms with Crippen LogP contribution in [-0.2, 0) is 4.43 Å². The summed E-state index contributed by atoms with van der Waals surface area (Å²) in [5.41, 5.74) is 1.46. The van der Waals surface area contributed by atoms with Crippen LogP contribution in [-0.4, -0.2) is 31.2 Å². The topological polar surface area (TPSA) is 33.8 Å². The Bertz CT molecular complexity index is 464. The normalized spacial score (nSPS) is 36.0. The number of aliphatic hydroxyl groups excluding tert-OH is 1. The van der Waals surface area contributed by atoms with Gasteiger partial charge in [-0.2, -0.15) is 0 Å². The van der Waals surface area contributed by atoms with E-state index in [-0.39, 0.29) is 11.0 Å². The highest BCUT2D eigenvalue weighted by Gasteiger charge is 2.61. The highest BCUT2D eigenvalue weighted by molar-refractivity contribution is 6.74. The third-order valence-electron chi connectivity index (χ3n) is 5.47. The summed E-state index contributed by atoms with van der Waals surface area (Å²) in [6, 6.07) is 0. The fourth-order valence-corrected chi connectivity index (χ4v) is 4.36. The Labute approximate surface area is 135 Å². The highest BCUT2D eigenvalue weighted by Crippen LogP contribution is 2.49. The lowest BCUT2D eigenvalue weighted by atomic mass is 9.83. The lowest BCUT2D eigenvalue weighted by Gasteiger charge is -2.39. The van der Waals surface area contributed by atoms with Crippen molar-refractivity contribution in [3.63, 3.8) is 0 Å². The van der Waals surface area contributed by atoms with Crippen molar-refractivity contribution in [2.75, 3.05) is 0 Å². The number of rotatable bonds is 3. The molecule has 0 bridgehead atoms. The summed E-state index contributed by atoms with van der Waals surface area (Å²) < 4.78 is 6.40. The second kappa shape index (κ2) is 6.04. The van der Waals surface area contributed by atoms with Gasteiger partial charge in [0.2, 0.25) is 0 Å². The molecule has 1 N–H and O–H groups in total. The first-order chi connectivity index (χ1) is 9.48. The summed E-state index contributed by atoms with van der Waals surface area (Å²) in [6.07, 6.45) is -0.518. The first kappa shape index (κ1) is 18.7. The molecule has 1 saturated carbocycles. The van der Waals surface area contributed by atoms with Crippen LogP contribution in [0.15, 0.2) is 11.1 Å². The average Bonchev–Trinajstić information content (AvgIpc) is 2.58. The summed E-state index contributed by atoms with van der Waals surface area (Å²) in [7, 11) is -2.05. The largest absolute Gasteiger partial charge is 0.407 e. The fourth-order valence-electron chi connectivity index (χ4n) is 2.79. The van der Waals surface area contributed by atoms with E-state index in [0.717, 1.165) is 5.57 Å². The Morgan fingerprint density at radius 3 is 2.33 bits per heavy atom. The molecule has 0 aliphatic heterocycles. The summed E-state index contributed by atoms with van der Waals surface area (Å²) >= 11 is 6.04. The van der Waals surface area contributed by atoms with Gasteiger partial charge in [-0.15, -0.1) is 0 Å². The molecule has 1 rings (SSSR count). The third-order valence-corrected chi connectivity index (χ3v) is 10.2. The molecule has 0 aromatic carbocycles. The van der Waals surface area contributed by atoms with Gasteiger partial charge in [0.05, 0.1) is 17.6 Å². The molecule has 0 heterocycles. The van der Waals surface area contributed by atoms with Crippen molar-refractivity contribution >= 4 is 19.9 Å². The van der Waals surface area contributed by atoms with Gasteiger partial charge >= 0.3 is 0 Å². The number of nitrogens with zero attached hydrogens (tertiary/aromatic N) is 1. The Morgan fingerprint density at radius 1 is 1.48 bits per heavy atom. The van der Waals surface area contributed by atoms with E-state index in [4.69, 9.17) is 22.6 Å². The maximum absolute atomic E-state index is 10.6. The molecule has 0 aromatic heterocycles. The number of halogens is 1. The zero-order chi connectivity index (χ0) is 16.6. The minimum absolute atomic E-state index is 0.0446.